The van der Waals surface area contributed by atoms with Crippen LogP contribution < -0.4 is 5.32 Å². The minimum absolute atomic E-state index is 0.0798. The maximum Gasteiger partial charge on any atom is 0.251 e. The number of hydrogen-bond acceptors (Lipinski definition) is 4. The van der Waals surface area contributed by atoms with Crippen LogP contribution in [-0.2, 0) is 14.8 Å². The molecule has 0 spiro atoms. The zero-order chi connectivity index (χ0) is 20.0. The van der Waals surface area contributed by atoms with Gasteiger partial charge >= 0.3 is 0 Å². The van der Waals surface area contributed by atoms with Gasteiger partial charge in [0.15, 0.2) is 0 Å². The Hall–Kier alpha value is -1.93. The quantitative estimate of drug-likeness (QED) is 0.763. The number of carbonyl (C=O) groups is 2. The van der Waals surface area contributed by atoms with Crippen molar-refractivity contribution in [3.05, 3.63) is 29.8 Å². The van der Waals surface area contributed by atoms with E-state index in [0.717, 1.165) is 32.4 Å². The largest absolute Gasteiger partial charge is 0.341 e. The lowest BCUT2D eigenvalue weighted by Gasteiger charge is -2.29. The molecule has 1 fully saturated rings. The van der Waals surface area contributed by atoms with Crippen LogP contribution in [0.3, 0.4) is 0 Å². The van der Waals surface area contributed by atoms with Crippen molar-refractivity contribution in [3.8, 4) is 0 Å². The van der Waals surface area contributed by atoms with Gasteiger partial charge in [0.05, 0.1) is 4.90 Å². The molecule has 0 aromatic heterocycles. The molecular weight excluding hydrogens is 366 g/mol. The fourth-order valence-corrected chi connectivity index (χ4v) is 4.68. The highest BCUT2D eigenvalue weighted by molar-refractivity contribution is 7.89. The van der Waals surface area contributed by atoms with Gasteiger partial charge in [-0.2, -0.15) is 4.31 Å². The second-order valence-electron chi connectivity index (χ2n) is 6.69. The van der Waals surface area contributed by atoms with Crippen LogP contribution in [0.4, 0.5) is 0 Å². The standard InChI is InChI=1S/C19H29N3O4S/c1-4-22(5-2)27(25,26)17-11-9-16(10-12-17)18(23)20-15(3)19(24)21-13-7-6-8-14-21/h9-12,15H,4-8,13-14H2,1-3H3,(H,20,23)/t15-/m0/s1. The van der Waals surface area contributed by atoms with Crippen LogP contribution >= 0.6 is 0 Å². The van der Waals surface area contributed by atoms with Crippen molar-refractivity contribution in [3.63, 3.8) is 0 Å². The van der Waals surface area contributed by atoms with E-state index in [2.05, 4.69) is 5.32 Å². The Morgan fingerprint density at radius 1 is 1.07 bits per heavy atom. The Balaban J connectivity index is 2.03. The summed E-state index contributed by atoms with van der Waals surface area (Å²) in [4.78, 5) is 26.8. The summed E-state index contributed by atoms with van der Waals surface area (Å²) in [5, 5.41) is 2.71. The molecule has 0 radical (unpaired) electrons. The van der Waals surface area contributed by atoms with E-state index >= 15 is 0 Å². The number of rotatable bonds is 7. The van der Waals surface area contributed by atoms with E-state index in [4.69, 9.17) is 0 Å². The van der Waals surface area contributed by atoms with Crippen LogP contribution in [0.25, 0.3) is 0 Å². The molecule has 150 valence electrons. The molecule has 7 nitrogen and oxygen atoms in total. The van der Waals surface area contributed by atoms with Crippen molar-refractivity contribution in [1.82, 2.24) is 14.5 Å². The van der Waals surface area contributed by atoms with Gasteiger partial charge in [0.25, 0.3) is 5.91 Å². The Kier molecular flexibility index (Phi) is 7.38. The molecule has 1 aromatic rings. The SMILES string of the molecule is CCN(CC)S(=O)(=O)c1ccc(C(=O)N[C@@H](C)C(=O)N2CCCCC2)cc1. The third-order valence-electron chi connectivity index (χ3n) is 4.85. The topological polar surface area (TPSA) is 86.8 Å². The number of nitrogens with zero attached hydrogens (tertiary/aromatic N) is 2. The van der Waals surface area contributed by atoms with Crippen molar-refractivity contribution >= 4 is 21.8 Å². The van der Waals surface area contributed by atoms with Gasteiger partial charge in [0, 0.05) is 31.7 Å². The summed E-state index contributed by atoms with van der Waals surface area (Å²) in [5.74, 6) is -0.469. The molecule has 1 atom stereocenters. The monoisotopic (exact) mass is 395 g/mol. The summed E-state index contributed by atoms with van der Waals surface area (Å²) >= 11 is 0. The maximum absolute atomic E-state index is 12.5. The summed E-state index contributed by atoms with van der Waals surface area (Å²) in [6.07, 6.45) is 3.12. The number of carbonyl (C=O) groups excluding carboxylic acids is 2. The number of sulfonamides is 1. The van der Waals surface area contributed by atoms with E-state index in [9.17, 15) is 18.0 Å². The first-order valence-corrected chi connectivity index (χ1v) is 10.9. The highest BCUT2D eigenvalue weighted by Crippen LogP contribution is 2.16. The predicted octanol–water partition coefficient (Wildman–Crippen LogP) is 1.85. The lowest BCUT2D eigenvalue weighted by atomic mass is 10.1. The molecule has 0 saturated carbocycles. The molecule has 1 aliphatic rings. The predicted molar refractivity (Wildman–Crippen MR) is 104 cm³/mol. The zero-order valence-corrected chi connectivity index (χ0v) is 17.1. The summed E-state index contributed by atoms with van der Waals surface area (Å²) in [7, 11) is -3.55. The summed E-state index contributed by atoms with van der Waals surface area (Å²) < 4.78 is 26.3. The Morgan fingerprint density at radius 3 is 2.15 bits per heavy atom. The van der Waals surface area contributed by atoms with Gasteiger partial charge in [-0.3, -0.25) is 9.59 Å². The average molecular weight is 396 g/mol. The van der Waals surface area contributed by atoms with Gasteiger partial charge in [0.1, 0.15) is 6.04 Å². The minimum atomic E-state index is -3.55. The molecule has 1 N–H and O–H groups in total. The van der Waals surface area contributed by atoms with Crippen LogP contribution in [0.1, 0.15) is 50.4 Å². The molecule has 0 unspecified atom stereocenters. The zero-order valence-electron chi connectivity index (χ0n) is 16.3. The van der Waals surface area contributed by atoms with E-state index in [-0.39, 0.29) is 16.7 Å². The van der Waals surface area contributed by atoms with E-state index in [1.54, 1.807) is 25.7 Å². The Labute approximate surface area is 161 Å². The van der Waals surface area contributed by atoms with Crippen LogP contribution in [-0.4, -0.2) is 61.7 Å². The van der Waals surface area contributed by atoms with Gasteiger partial charge in [-0.1, -0.05) is 13.8 Å². The lowest BCUT2D eigenvalue weighted by molar-refractivity contribution is -0.133. The number of hydrogen-bond donors (Lipinski definition) is 1. The minimum Gasteiger partial charge on any atom is -0.341 e. The van der Waals surface area contributed by atoms with Gasteiger partial charge < -0.3 is 10.2 Å². The van der Waals surface area contributed by atoms with Gasteiger partial charge in [-0.25, -0.2) is 8.42 Å². The molecule has 27 heavy (non-hydrogen) atoms. The molecule has 0 bridgehead atoms. The van der Waals surface area contributed by atoms with Gasteiger partial charge in [-0.15, -0.1) is 0 Å². The first kappa shape index (κ1) is 21.4. The Bertz CT molecular complexity index is 752. The number of amides is 2. The van der Waals surface area contributed by atoms with Gasteiger partial charge in [-0.05, 0) is 50.5 Å². The molecule has 1 saturated heterocycles. The van der Waals surface area contributed by atoms with Crippen LogP contribution in [0.5, 0.6) is 0 Å². The smallest absolute Gasteiger partial charge is 0.251 e. The van der Waals surface area contributed by atoms with E-state index < -0.39 is 16.1 Å². The fourth-order valence-electron chi connectivity index (χ4n) is 3.22. The van der Waals surface area contributed by atoms with Crippen LogP contribution in [0, 0.1) is 0 Å². The normalized spacial score (nSPS) is 16.2. The third kappa shape index (κ3) is 5.07. The van der Waals surface area contributed by atoms with Crippen molar-refractivity contribution in [2.75, 3.05) is 26.2 Å². The molecule has 0 aliphatic carbocycles. The molecule has 1 aromatic carbocycles. The number of piperidine rings is 1. The van der Waals surface area contributed by atoms with Crippen molar-refractivity contribution in [2.24, 2.45) is 0 Å². The Morgan fingerprint density at radius 2 is 1.63 bits per heavy atom. The number of likely N-dealkylation sites (tertiary alicyclic amines) is 1. The summed E-state index contributed by atoms with van der Waals surface area (Å²) in [6, 6.07) is 5.20. The molecule has 8 heteroatoms. The van der Waals surface area contributed by atoms with Gasteiger partial charge in [0.2, 0.25) is 15.9 Å². The van der Waals surface area contributed by atoms with Crippen molar-refractivity contribution in [1.29, 1.82) is 0 Å². The molecular formula is C19H29N3O4S. The van der Waals surface area contributed by atoms with E-state index in [1.165, 1.54) is 28.6 Å². The molecule has 1 aliphatic heterocycles. The van der Waals surface area contributed by atoms with E-state index in [0.29, 0.717) is 18.7 Å². The van der Waals surface area contributed by atoms with Crippen molar-refractivity contribution in [2.45, 2.75) is 51.0 Å². The highest BCUT2D eigenvalue weighted by atomic mass is 32.2. The highest BCUT2D eigenvalue weighted by Gasteiger charge is 2.25. The van der Waals surface area contributed by atoms with Crippen LogP contribution in [0.15, 0.2) is 29.2 Å². The average Bonchev–Trinajstić information content (AvgIpc) is 2.68. The van der Waals surface area contributed by atoms with E-state index in [1.807, 2.05) is 0 Å². The third-order valence-corrected chi connectivity index (χ3v) is 6.91. The lowest BCUT2D eigenvalue weighted by Crippen LogP contribution is -2.48. The summed E-state index contributed by atoms with van der Waals surface area (Å²) in [6.45, 7) is 7.48. The second-order valence-corrected chi connectivity index (χ2v) is 8.63. The summed E-state index contributed by atoms with van der Waals surface area (Å²) in [5.41, 5.74) is 0.326. The fraction of sp³-hybridized carbons (Fsp3) is 0.579. The second kappa shape index (κ2) is 9.32. The number of benzene rings is 1. The first-order valence-electron chi connectivity index (χ1n) is 9.51. The van der Waals surface area contributed by atoms with Crippen molar-refractivity contribution < 1.29 is 18.0 Å². The molecule has 1 heterocycles. The van der Waals surface area contributed by atoms with Crippen LogP contribution in [0.2, 0.25) is 0 Å². The molecule has 2 amide bonds. The first-order chi connectivity index (χ1) is 12.8. The maximum atomic E-state index is 12.5. The number of nitrogens with one attached hydrogen (secondary N) is 1. The molecule has 2 rings (SSSR count).